The maximum Gasteiger partial charge on any atom is 0.435 e. The second-order valence-electron chi connectivity index (χ2n) is 5.34. The van der Waals surface area contributed by atoms with Crippen molar-refractivity contribution in [2.75, 3.05) is 13.2 Å². The van der Waals surface area contributed by atoms with E-state index in [4.69, 9.17) is 16.3 Å². The Hall–Kier alpha value is -2.22. The van der Waals surface area contributed by atoms with Crippen molar-refractivity contribution in [2.45, 2.75) is 26.1 Å². The lowest BCUT2D eigenvalue weighted by Crippen LogP contribution is -2.30. The molecule has 0 aliphatic rings. The predicted octanol–water partition coefficient (Wildman–Crippen LogP) is 3.45. The molecule has 1 aromatic carbocycles. The lowest BCUT2D eigenvalue weighted by atomic mass is 10.3. The Bertz CT molecular complexity index is 714. The molecule has 0 unspecified atom stereocenters. The third-order valence-electron chi connectivity index (χ3n) is 3.32. The van der Waals surface area contributed by atoms with E-state index in [0.717, 1.165) is 6.07 Å². The van der Waals surface area contributed by atoms with Crippen LogP contribution in [0.4, 0.5) is 13.2 Å². The summed E-state index contributed by atoms with van der Waals surface area (Å²) in [5.41, 5.74) is -0.491. The number of carbonyl (C=O) groups excluding carboxylic acids is 1. The SMILES string of the molecule is Cc1cc(C(F)(F)F)nn1CCCNC(=O)COc1ccc(Cl)cc1. The summed E-state index contributed by atoms with van der Waals surface area (Å²) in [4.78, 5) is 11.7. The molecule has 1 aromatic heterocycles. The Kier molecular flexibility index (Phi) is 6.30. The quantitative estimate of drug-likeness (QED) is 0.754. The summed E-state index contributed by atoms with van der Waals surface area (Å²) in [6, 6.07) is 7.59. The van der Waals surface area contributed by atoms with Gasteiger partial charge in [-0.3, -0.25) is 9.48 Å². The van der Waals surface area contributed by atoms with Gasteiger partial charge >= 0.3 is 6.18 Å². The van der Waals surface area contributed by atoms with Crippen molar-refractivity contribution in [3.8, 4) is 5.75 Å². The van der Waals surface area contributed by atoms with Gasteiger partial charge in [-0.2, -0.15) is 18.3 Å². The number of ether oxygens (including phenoxy) is 1. The standard InChI is InChI=1S/C16H17ClF3N3O2/c1-11-9-14(16(18,19)20)22-23(11)8-2-7-21-15(24)10-25-13-5-3-12(17)4-6-13/h3-6,9H,2,7-8,10H2,1H3,(H,21,24). The number of alkyl halides is 3. The van der Waals surface area contributed by atoms with Crippen LogP contribution in [0.2, 0.25) is 5.02 Å². The highest BCUT2D eigenvalue weighted by molar-refractivity contribution is 6.30. The van der Waals surface area contributed by atoms with Crippen molar-refractivity contribution in [2.24, 2.45) is 0 Å². The number of rotatable bonds is 7. The number of carbonyl (C=O) groups is 1. The highest BCUT2D eigenvalue weighted by Gasteiger charge is 2.34. The lowest BCUT2D eigenvalue weighted by molar-refractivity contribution is -0.141. The summed E-state index contributed by atoms with van der Waals surface area (Å²) in [5.74, 6) is 0.203. The van der Waals surface area contributed by atoms with Gasteiger partial charge in [0.25, 0.3) is 5.91 Å². The van der Waals surface area contributed by atoms with E-state index in [1.54, 1.807) is 31.2 Å². The first kappa shape index (κ1) is 19.1. The van der Waals surface area contributed by atoms with Crippen LogP contribution in [-0.2, 0) is 17.5 Å². The van der Waals surface area contributed by atoms with Gasteiger partial charge in [0.15, 0.2) is 12.3 Å². The second kappa shape index (κ2) is 8.24. The molecule has 0 spiro atoms. The minimum absolute atomic E-state index is 0.152. The maximum absolute atomic E-state index is 12.6. The molecule has 1 heterocycles. The van der Waals surface area contributed by atoms with Crippen LogP contribution >= 0.6 is 11.6 Å². The average molecular weight is 376 g/mol. The van der Waals surface area contributed by atoms with E-state index in [1.807, 2.05) is 0 Å². The van der Waals surface area contributed by atoms with Crippen molar-refractivity contribution in [3.63, 3.8) is 0 Å². The van der Waals surface area contributed by atoms with E-state index in [-0.39, 0.29) is 19.1 Å². The fraction of sp³-hybridized carbons (Fsp3) is 0.375. The monoisotopic (exact) mass is 375 g/mol. The molecule has 0 atom stereocenters. The molecule has 2 aromatic rings. The molecular formula is C16H17ClF3N3O2. The van der Waals surface area contributed by atoms with Crippen molar-refractivity contribution >= 4 is 17.5 Å². The zero-order valence-corrected chi connectivity index (χ0v) is 14.2. The van der Waals surface area contributed by atoms with Gasteiger partial charge < -0.3 is 10.1 Å². The normalized spacial score (nSPS) is 11.4. The Morgan fingerprint density at radius 1 is 1.32 bits per heavy atom. The van der Waals surface area contributed by atoms with E-state index in [2.05, 4.69) is 10.4 Å². The fourth-order valence-electron chi connectivity index (χ4n) is 2.06. The molecule has 0 saturated carbocycles. The molecule has 136 valence electrons. The van der Waals surface area contributed by atoms with Gasteiger partial charge in [-0.25, -0.2) is 0 Å². The van der Waals surface area contributed by atoms with E-state index in [0.29, 0.717) is 29.4 Å². The smallest absolute Gasteiger partial charge is 0.435 e. The zero-order valence-electron chi connectivity index (χ0n) is 13.4. The average Bonchev–Trinajstić information content (AvgIpc) is 2.92. The molecule has 0 aliphatic carbocycles. The summed E-state index contributed by atoms with van der Waals surface area (Å²) in [6.07, 6.45) is -4.00. The number of nitrogens with zero attached hydrogens (tertiary/aromatic N) is 2. The predicted molar refractivity (Wildman–Crippen MR) is 86.5 cm³/mol. The lowest BCUT2D eigenvalue weighted by Gasteiger charge is -2.08. The van der Waals surface area contributed by atoms with Crippen LogP contribution < -0.4 is 10.1 Å². The molecule has 25 heavy (non-hydrogen) atoms. The summed E-state index contributed by atoms with van der Waals surface area (Å²) in [7, 11) is 0. The number of nitrogens with one attached hydrogen (secondary N) is 1. The van der Waals surface area contributed by atoms with Gasteiger partial charge in [-0.1, -0.05) is 11.6 Å². The van der Waals surface area contributed by atoms with E-state index in [9.17, 15) is 18.0 Å². The molecule has 0 radical (unpaired) electrons. The van der Waals surface area contributed by atoms with Gasteiger partial charge in [-0.05, 0) is 43.7 Å². The molecule has 1 amide bonds. The fourth-order valence-corrected chi connectivity index (χ4v) is 2.19. The maximum atomic E-state index is 12.6. The molecule has 1 N–H and O–H groups in total. The highest BCUT2D eigenvalue weighted by atomic mass is 35.5. The van der Waals surface area contributed by atoms with Crippen molar-refractivity contribution in [1.82, 2.24) is 15.1 Å². The van der Waals surface area contributed by atoms with Gasteiger partial charge in [0.2, 0.25) is 0 Å². The van der Waals surface area contributed by atoms with Crippen LogP contribution in [0.25, 0.3) is 0 Å². The van der Waals surface area contributed by atoms with Crippen LogP contribution in [-0.4, -0.2) is 28.8 Å². The molecule has 0 fully saturated rings. The van der Waals surface area contributed by atoms with Crippen molar-refractivity contribution < 1.29 is 22.7 Å². The van der Waals surface area contributed by atoms with Crippen LogP contribution in [0.1, 0.15) is 17.8 Å². The highest BCUT2D eigenvalue weighted by Crippen LogP contribution is 2.28. The van der Waals surface area contributed by atoms with Crippen LogP contribution in [0.3, 0.4) is 0 Å². The summed E-state index contributed by atoms with van der Waals surface area (Å²) in [6.45, 7) is 1.99. The Labute approximate surface area is 147 Å². The third-order valence-corrected chi connectivity index (χ3v) is 3.58. The second-order valence-corrected chi connectivity index (χ2v) is 5.77. The number of aryl methyl sites for hydroxylation is 2. The Morgan fingerprint density at radius 2 is 2.00 bits per heavy atom. The van der Waals surface area contributed by atoms with Crippen LogP contribution in [0.15, 0.2) is 30.3 Å². The van der Waals surface area contributed by atoms with Crippen LogP contribution in [0, 0.1) is 6.92 Å². The van der Waals surface area contributed by atoms with E-state index >= 15 is 0 Å². The third kappa shape index (κ3) is 5.97. The molecule has 0 bridgehead atoms. The van der Waals surface area contributed by atoms with Crippen molar-refractivity contribution in [1.29, 1.82) is 0 Å². The number of aromatic nitrogens is 2. The summed E-state index contributed by atoms with van der Waals surface area (Å²) >= 11 is 5.74. The van der Waals surface area contributed by atoms with Gasteiger partial charge in [-0.15, -0.1) is 0 Å². The number of amides is 1. The van der Waals surface area contributed by atoms with Gasteiger partial charge in [0.05, 0.1) is 0 Å². The largest absolute Gasteiger partial charge is 0.484 e. The van der Waals surface area contributed by atoms with Gasteiger partial charge in [0.1, 0.15) is 5.75 Å². The van der Waals surface area contributed by atoms with Gasteiger partial charge in [0, 0.05) is 23.8 Å². The molecular weight excluding hydrogens is 359 g/mol. The first-order valence-electron chi connectivity index (χ1n) is 7.52. The first-order chi connectivity index (χ1) is 11.8. The minimum atomic E-state index is -4.46. The van der Waals surface area contributed by atoms with E-state index in [1.165, 1.54) is 4.68 Å². The number of benzene rings is 1. The topological polar surface area (TPSA) is 56.2 Å². The van der Waals surface area contributed by atoms with E-state index < -0.39 is 11.9 Å². The molecule has 0 aliphatic heterocycles. The summed E-state index contributed by atoms with van der Waals surface area (Å²) < 4.78 is 44.3. The van der Waals surface area contributed by atoms with Crippen molar-refractivity contribution in [3.05, 3.63) is 46.7 Å². The molecule has 9 heteroatoms. The Balaban J connectivity index is 1.69. The first-order valence-corrected chi connectivity index (χ1v) is 7.90. The number of hydrogen-bond donors (Lipinski definition) is 1. The number of halogens is 4. The minimum Gasteiger partial charge on any atom is -0.484 e. The molecule has 5 nitrogen and oxygen atoms in total. The Morgan fingerprint density at radius 3 is 2.60 bits per heavy atom. The molecule has 0 saturated heterocycles. The van der Waals surface area contributed by atoms with Crippen LogP contribution in [0.5, 0.6) is 5.75 Å². The zero-order chi connectivity index (χ0) is 18.4. The number of hydrogen-bond acceptors (Lipinski definition) is 3. The molecule has 2 rings (SSSR count). The summed E-state index contributed by atoms with van der Waals surface area (Å²) in [5, 5.41) is 6.73.